The van der Waals surface area contributed by atoms with Gasteiger partial charge in [0.1, 0.15) is 12.6 Å². The summed E-state index contributed by atoms with van der Waals surface area (Å²) in [6.45, 7) is 2.96. The van der Waals surface area contributed by atoms with E-state index in [0.717, 1.165) is 50.5 Å². The Morgan fingerprint density at radius 2 is 1.72 bits per heavy atom. The van der Waals surface area contributed by atoms with Gasteiger partial charge in [-0.15, -0.1) is 0 Å². The minimum atomic E-state index is -0.469. The molecule has 1 aromatic carbocycles. The molecule has 0 N–H and O–H groups in total. The third-order valence-electron chi connectivity index (χ3n) is 6.92. The molecule has 1 saturated carbocycles. The highest BCUT2D eigenvalue weighted by Crippen LogP contribution is 2.33. The Hall–Kier alpha value is -2.10. The molecule has 4 heteroatoms. The first-order valence-corrected chi connectivity index (χ1v) is 11.5. The summed E-state index contributed by atoms with van der Waals surface area (Å²) in [7, 11) is 0. The molecule has 2 amide bonds. The zero-order valence-corrected chi connectivity index (χ0v) is 17.7. The van der Waals surface area contributed by atoms with Gasteiger partial charge in [0, 0.05) is 12.6 Å². The summed E-state index contributed by atoms with van der Waals surface area (Å²) in [6, 6.07) is 7.92. The van der Waals surface area contributed by atoms with Crippen LogP contribution in [-0.4, -0.2) is 40.7 Å². The second-order valence-electron chi connectivity index (χ2n) is 9.02. The highest BCUT2D eigenvalue weighted by Gasteiger charge is 2.42. The van der Waals surface area contributed by atoms with E-state index in [-0.39, 0.29) is 24.4 Å². The van der Waals surface area contributed by atoms with Crippen LogP contribution >= 0.6 is 0 Å². The van der Waals surface area contributed by atoms with Crippen molar-refractivity contribution in [3.63, 3.8) is 0 Å². The van der Waals surface area contributed by atoms with Crippen LogP contribution < -0.4 is 0 Å². The average Bonchev–Trinajstić information content (AvgIpc) is 2.76. The van der Waals surface area contributed by atoms with Crippen molar-refractivity contribution in [2.75, 3.05) is 13.1 Å². The predicted molar refractivity (Wildman–Crippen MR) is 115 cm³/mol. The van der Waals surface area contributed by atoms with Crippen LogP contribution in [0.15, 0.2) is 35.9 Å². The number of nitrogens with zero attached hydrogens (tertiary/aromatic N) is 2. The summed E-state index contributed by atoms with van der Waals surface area (Å²) in [6.07, 6.45) is 13.7. The Balaban J connectivity index is 1.58. The highest BCUT2D eigenvalue weighted by atomic mass is 16.2. The molecule has 0 radical (unpaired) electrons. The summed E-state index contributed by atoms with van der Waals surface area (Å²) in [4.78, 5) is 30.6. The molecular formula is C25H34N2O2. The van der Waals surface area contributed by atoms with Crippen molar-refractivity contribution in [1.29, 1.82) is 0 Å². The first kappa shape index (κ1) is 20.2. The largest absolute Gasteiger partial charge is 0.328 e. The van der Waals surface area contributed by atoms with Gasteiger partial charge < -0.3 is 9.80 Å². The monoisotopic (exact) mass is 394 g/mol. The van der Waals surface area contributed by atoms with Crippen LogP contribution in [-0.2, 0) is 9.59 Å². The number of hydrogen-bond donors (Lipinski definition) is 0. The van der Waals surface area contributed by atoms with Gasteiger partial charge in [0.25, 0.3) is 5.91 Å². The van der Waals surface area contributed by atoms with E-state index >= 15 is 0 Å². The number of aryl methyl sites for hydroxylation is 1. The van der Waals surface area contributed by atoms with Gasteiger partial charge in [-0.05, 0) is 57.4 Å². The molecule has 1 heterocycles. The van der Waals surface area contributed by atoms with Crippen LogP contribution in [0.25, 0.3) is 0 Å². The third kappa shape index (κ3) is 4.57. The number of piperazine rings is 1. The minimum Gasteiger partial charge on any atom is -0.328 e. The van der Waals surface area contributed by atoms with Gasteiger partial charge in [-0.25, -0.2) is 0 Å². The molecular weight excluding hydrogens is 360 g/mol. The highest BCUT2D eigenvalue weighted by molar-refractivity contribution is 5.95. The fourth-order valence-electron chi connectivity index (χ4n) is 5.17. The third-order valence-corrected chi connectivity index (χ3v) is 6.92. The molecule has 29 heavy (non-hydrogen) atoms. The van der Waals surface area contributed by atoms with Crippen molar-refractivity contribution >= 4 is 11.8 Å². The lowest BCUT2D eigenvalue weighted by atomic mass is 9.91. The van der Waals surface area contributed by atoms with E-state index in [4.69, 9.17) is 0 Å². The van der Waals surface area contributed by atoms with E-state index in [0.29, 0.717) is 6.54 Å². The fraction of sp³-hybridized carbons (Fsp3) is 0.600. The SMILES string of the molecule is Cc1ccc(C2C(=O)N(C3CCCCC3)CC(=O)N2CCC2=CCCCC2)cc1. The molecule has 1 aliphatic heterocycles. The smallest absolute Gasteiger partial charge is 0.250 e. The molecule has 4 nitrogen and oxygen atoms in total. The molecule has 156 valence electrons. The molecule has 3 aliphatic rings. The number of carbonyl (C=O) groups is 2. The Kier molecular flexibility index (Phi) is 6.37. The summed E-state index contributed by atoms with van der Waals surface area (Å²) in [5.74, 6) is 0.232. The quantitative estimate of drug-likeness (QED) is 0.665. The number of amides is 2. The number of rotatable bonds is 5. The van der Waals surface area contributed by atoms with Crippen molar-refractivity contribution in [1.82, 2.24) is 9.80 Å². The van der Waals surface area contributed by atoms with E-state index in [1.54, 1.807) is 0 Å². The maximum Gasteiger partial charge on any atom is 0.250 e. The fourth-order valence-corrected chi connectivity index (χ4v) is 5.17. The molecule has 0 spiro atoms. The molecule has 0 bridgehead atoms. The van der Waals surface area contributed by atoms with Gasteiger partial charge in [0.05, 0.1) is 0 Å². The van der Waals surface area contributed by atoms with Gasteiger partial charge in [-0.1, -0.05) is 60.7 Å². The van der Waals surface area contributed by atoms with Gasteiger partial charge in [-0.3, -0.25) is 9.59 Å². The summed E-state index contributed by atoms with van der Waals surface area (Å²) in [5, 5.41) is 0. The Bertz CT molecular complexity index is 762. The average molecular weight is 395 g/mol. The van der Waals surface area contributed by atoms with Crippen LogP contribution in [0, 0.1) is 6.92 Å². The molecule has 2 fully saturated rings. The molecule has 1 saturated heterocycles. The maximum atomic E-state index is 13.6. The van der Waals surface area contributed by atoms with Crippen LogP contribution in [0.1, 0.15) is 81.4 Å². The first-order chi connectivity index (χ1) is 14.1. The number of allylic oxidation sites excluding steroid dienone is 1. The van der Waals surface area contributed by atoms with Crippen LogP contribution in [0.4, 0.5) is 0 Å². The Labute approximate surface area is 175 Å². The molecule has 1 unspecified atom stereocenters. The standard InChI is InChI=1S/C25H34N2O2/c1-19-12-14-21(15-13-19)24-25(29)27(22-10-6-3-7-11-22)18-23(28)26(24)17-16-20-8-4-2-5-9-20/h8,12-15,22,24H,2-7,9-11,16-18H2,1H3. The minimum absolute atomic E-state index is 0.108. The second-order valence-corrected chi connectivity index (χ2v) is 9.02. The lowest BCUT2D eigenvalue weighted by molar-refractivity contribution is -0.159. The van der Waals surface area contributed by atoms with Crippen molar-refractivity contribution in [2.24, 2.45) is 0 Å². The van der Waals surface area contributed by atoms with E-state index in [1.807, 2.05) is 21.9 Å². The van der Waals surface area contributed by atoms with Crippen LogP contribution in [0.5, 0.6) is 0 Å². The number of benzene rings is 1. The molecule has 1 aromatic rings. The van der Waals surface area contributed by atoms with Gasteiger partial charge >= 0.3 is 0 Å². The number of hydrogen-bond acceptors (Lipinski definition) is 2. The zero-order valence-electron chi connectivity index (χ0n) is 17.7. The van der Waals surface area contributed by atoms with Crippen molar-refractivity contribution < 1.29 is 9.59 Å². The topological polar surface area (TPSA) is 40.6 Å². The Morgan fingerprint density at radius 1 is 0.966 bits per heavy atom. The van der Waals surface area contributed by atoms with Crippen molar-refractivity contribution in [2.45, 2.75) is 83.2 Å². The van der Waals surface area contributed by atoms with E-state index < -0.39 is 6.04 Å². The van der Waals surface area contributed by atoms with Crippen LogP contribution in [0.2, 0.25) is 0 Å². The first-order valence-electron chi connectivity index (χ1n) is 11.5. The maximum absolute atomic E-state index is 13.6. The van der Waals surface area contributed by atoms with Gasteiger partial charge in [-0.2, -0.15) is 0 Å². The zero-order chi connectivity index (χ0) is 20.2. The predicted octanol–water partition coefficient (Wildman–Crippen LogP) is 4.93. The molecule has 4 rings (SSSR count). The van der Waals surface area contributed by atoms with E-state index in [9.17, 15) is 9.59 Å². The van der Waals surface area contributed by atoms with E-state index in [2.05, 4.69) is 25.1 Å². The van der Waals surface area contributed by atoms with Crippen molar-refractivity contribution in [3.8, 4) is 0 Å². The lowest BCUT2D eigenvalue weighted by Gasteiger charge is -2.44. The summed E-state index contributed by atoms with van der Waals surface area (Å²) in [5.41, 5.74) is 3.58. The normalized spacial score (nSPS) is 24.0. The second kappa shape index (κ2) is 9.15. The Morgan fingerprint density at radius 3 is 2.41 bits per heavy atom. The molecule has 0 aromatic heterocycles. The molecule has 1 atom stereocenters. The number of carbonyl (C=O) groups excluding carboxylic acids is 2. The van der Waals surface area contributed by atoms with Gasteiger partial charge in [0.2, 0.25) is 5.91 Å². The van der Waals surface area contributed by atoms with E-state index in [1.165, 1.54) is 30.4 Å². The van der Waals surface area contributed by atoms with Gasteiger partial charge in [0.15, 0.2) is 0 Å². The summed E-state index contributed by atoms with van der Waals surface area (Å²) < 4.78 is 0. The van der Waals surface area contributed by atoms with Crippen molar-refractivity contribution in [3.05, 3.63) is 47.0 Å². The summed E-state index contributed by atoms with van der Waals surface area (Å²) >= 11 is 0. The van der Waals surface area contributed by atoms with Crippen LogP contribution in [0.3, 0.4) is 0 Å². The molecule has 2 aliphatic carbocycles. The lowest BCUT2D eigenvalue weighted by Crippen LogP contribution is -2.58.